The summed E-state index contributed by atoms with van der Waals surface area (Å²) in [7, 11) is 0. The van der Waals surface area contributed by atoms with Crippen LogP contribution in [0.4, 0.5) is 5.69 Å². The van der Waals surface area contributed by atoms with E-state index in [1.54, 1.807) is 47.4 Å². The van der Waals surface area contributed by atoms with Crippen LogP contribution in [-0.2, 0) is 16.1 Å². The maximum absolute atomic E-state index is 13.9. The molecular weight excluding hydrogens is 436 g/mol. The molecule has 2 aromatic carbocycles. The van der Waals surface area contributed by atoms with E-state index in [1.165, 1.54) is 9.58 Å². The Hall–Kier alpha value is -3.72. The second-order valence-electron chi connectivity index (χ2n) is 8.35. The quantitative estimate of drug-likeness (QED) is 0.589. The first kappa shape index (κ1) is 22.1. The molecule has 0 bridgehead atoms. The van der Waals surface area contributed by atoms with Gasteiger partial charge in [-0.15, -0.1) is 0 Å². The van der Waals surface area contributed by atoms with Gasteiger partial charge in [0.15, 0.2) is 11.8 Å². The molecule has 9 nitrogen and oxygen atoms in total. The van der Waals surface area contributed by atoms with E-state index in [0.29, 0.717) is 61.5 Å². The number of nitrogens with zero attached hydrogens (tertiary/aromatic N) is 4. The molecule has 0 radical (unpaired) electrons. The van der Waals surface area contributed by atoms with Gasteiger partial charge < -0.3 is 14.4 Å². The molecule has 0 unspecified atom stereocenters. The van der Waals surface area contributed by atoms with Crippen molar-refractivity contribution in [2.24, 2.45) is 0 Å². The normalized spacial score (nSPS) is 17.9. The Bertz CT molecular complexity index is 1300. The largest absolute Gasteiger partial charge is 0.476 e. The minimum Gasteiger partial charge on any atom is -0.476 e. The smallest absolute Gasteiger partial charge is 0.279 e. The van der Waals surface area contributed by atoms with E-state index in [-0.39, 0.29) is 29.6 Å². The lowest BCUT2D eigenvalue weighted by atomic mass is 10.1. The van der Waals surface area contributed by atoms with Crippen LogP contribution in [0.25, 0.3) is 10.8 Å². The highest BCUT2D eigenvalue weighted by Crippen LogP contribution is 2.35. The molecule has 3 aromatic rings. The number of para-hydroxylation sites is 2. The average Bonchev–Trinajstić information content (AvgIpc) is 2.89. The molecule has 0 N–H and O–H groups in total. The number of aromatic nitrogens is 2. The topological polar surface area (TPSA) is 94.0 Å². The van der Waals surface area contributed by atoms with Crippen LogP contribution in [0.15, 0.2) is 53.3 Å². The lowest BCUT2D eigenvalue weighted by Gasteiger charge is -2.37. The lowest BCUT2D eigenvalue weighted by Crippen LogP contribution is -2.54. The summed E-state index contributed by atoms with van der Waals surface area (Å²) in [6.45, 7) is 4.34. The first-order valence-corrected chi connectivity index (χ1v) is 11.5. The van der Waals surface area contributed by atoms with Crippen molar-refractivity contribution in [1.29, 1.82) is 0 Å². The number of anilines is 1. The Kier molecular flexibility index (Phi) is 6.02. The predicted molar refractivity (Wildman–Crippen MR) is 126 cm³/mol. The highest BCUT2D eigenvalue weighted by molar-refractivity contribution is 6.13. The molecule has 9 heteroatoms. The molecule has 2 aliphatic heterocycles. The molecule has 3 heterocycles. The van der Waals surface area contributed by atoms with Crippen LogP contribution in [0.3, 0.4) is 0 Å². The SMILES string of the molecule is CCCn1nc(C(=O)N2C[C@H](C(=O)N3CCOCC3)Oc3ccccc32)c2ccccc2c1=O. The second kappa shape index (κ2) is 9.26. The molecule has 0 saturated carbocycles. The minimum atomic E-state index is -0.843. The van der Waals surface area contributed by atoms with Gasteiger partial charge in [0, 0.05) is 25.0 Å². The summed E-state index contributed by atoms with van der Waals surface area (Å²) in [5.41, 5.74) is 0.521. The van der Waals surface area contributed by atoms with E-state index in [2.05, 4.69) is 5.10 Å². The predicted octanol–water partition coefficient (Wildman–Crippen LogP) is 2.07. The Labute approximate surface area is 196 Å². The third-order valence-corrected chi connectivity index (χ3v) is 6.12. The van der Waals surface area contributed by atoms with Crippen LogP contribution in [0, 0.1) is 0 Å². The highest BCUT2D eigenvalue weighted by atomic mass is 16.5. The van der Waals surface area contributed by atoms with Gasteiger partial charge in [-0.3, -0.25) is 19.3 Å². The summed E-state index contributed by atoms with van der Waals surface area (Å²) in [4.78, 5) is 43.3. The van der Waals surface area contributed by atoms with Crippen molar-refractivity contribution in [3.8, 4) is 5.75 Å². The Morgan fingerprint density at radius 2 is 1.74 bits per heavy atom. The molecular formula is C25H26N4O5. The minimum absolute atomic E-state index is 0.0505. The van der Waals surface area contributed by atoms with Crippen molar-refractivity contribution >= 4 is 28.3 Å². The summed E-state index contributed by atoms with van der Waals surface area (Å²) in [5, 5.41) is 5.39. The maximum atomic E-state index is 13.9. The van der Waals surface area contributed by atoms with Gasteiger partial charge in [-0.2, -0.15) is 5.10 Å². The summed E-state index contributed by atoms with van der Waals surface area (Å²) in [5.74, 6) is -0.0964. The van der Waals surface area contributed by atoms with Crippen molar-refractivity contribution in [3.05, 3.63) is 64.6 Å². The molecule has 2 aliphatic rings. The Morgan fingerprint density at radius 3 is 2.50 bits per heavy atom. The van der Waals surface area contributed by atoms with Gasteiger partial charge in [-0.25, -0.2) is 4.68 Å². The summed E-state index contributed by atoms with van der Waals surface area (Å²) < 4.78 is 12.7. The summed E-state index contributed by atoms with van der Waals surface area (Å²) in [6, 6.07) is 14.1. The highest BCUT2D eigenvalue weighted by Gasteiger charge is 2.37. The number of ether oxygens (including phenoxy) is 2. The fourth-order valence-electron chi connectivity index (χ4n) is 4.43. The van der Waals surface area contributed by atoms with Crippen LogP contribution in [0.5, 0.6) is 5.75 Å². The number of aryl methyl sites for hydroxylation is 1. The zero-order valence-corrected chi connectivity index (χ0v) is 19.0. The number of carbonyl (C=O) groups is 2. The number of hydrogen-bond donors (Lipinski definition) is 0. The Morgan fingerprint density at radius 1 is 1.03 bits per heavy atom. The zero-order valence-electron chi connectivity index (χ0n) is 19.0. The van der Waals surface area contributed by atoms with Crippen molar-refractivity contribution in [2.75, 3.05) is 37.7 Å². The number of fused-ring (bicyclic) bond motifs is 2. The average molecular weight is 463 g/mol. The molecule has 1 atom stereocenters. The van der Waals surface area contributed by atoms with Gasteiger partial charge in [0.1, 0.15) is 5.75 Å². The molecule has 1 saturated heterocycles. The van der Waals surface area contributed by atoms with E-state index in [0.717, 1.165) is 0 Å². The molecule has 5 rings (SSSR count). The van der Waals surface area contributed by atoms with Gasteiger partial charge in [-0.1, -0.05) is 37.3 Å². The first-order valence-electron chi connectivity index (χ1n) is 11.5. The van der Waals surface area contributed by atoms with E-state index < -0.39 is 6.10 Å². The van der Waals surface area contributed by atoms with Gasteiger partial charge in [0.2, 0.25) is 0 Å². The van der Waals surface area contributed by atoms with Crippen molar-refractivity contribution < 1.29 is 19.1 Å². The molecule has 34 heavy (non-hydrogen) atoms. The van der Waals surface area contributed by atoms with Gasteiger partial charge in [-0.05, 0) is 24.6 Å². The van der Waals surface area contributed by atoms with E-state index in [9.17, 15) is 14.4 Å². The number of benzene rings is 2. The van der Waals surface area contributed by atoms with E-state index in [1.807, 2.05) is 13.0 Å². The van der Waals surface area contributed by atoms with E-state index in [4.69, 9.17) is 9.47 Å². The molecule has 1 fully saturated rings. The van der Waals surface area contributed by atoms with Crippen LogP contribution >= 0.6 is 0 Å². The molecule has 1 aromatic heterocycles. The number of amides is 2. The van der Waals surface area contributed by atoms with Crippen LogP contribution in [0.1, 0.15) is 23.8 Å². The number of morpholine rings is 1. The summed E-state index contributed by atoms with van der Waals surface area (Å²) in [6.07, 6.45) is -0.139. The number of hydrogen-bond acceptors (Lipinski definition) is 6. The molecule has 2 amide bonds. The third kappa shape index (κ3) is 3.92. The van der Waals surface area contributed by atoms with Gasteiger partial charge in [0.05, 0.1) is 30.8 Å². The van der Waals surface area contributed by atoms with Gasteiger partial charge >= 0.3 is 0 Å². The monoisotopic (exact) mass is 462 g/mol. The van der Waals surface area contributed by atoms with Crippen LogP contribution in [-0.4, -0.2) is 65.4 Å². The van der Waals surface area contributed by atoms with Crippen molar-refractivity contribution in [3.63, 3.8) is 0 Å². The lowest BCUT2D eigenvalue weighted by molar-refractivity contribution is -0.142. The van der Waals surface area contributed by atoms with Crippen molar-refractivity contribution in [2.45, 2.75) is 26.0 Å². The fraction of sp³-hybridized carbons (Fsp3) is 0.360. The zero-order chi connectivity index (χ0) is 23.7. The summed E-state index contributed by atoms with van der Waals surface area (Å²) >= 11 is 0. The number of carbonyl (C=O) groups excluding carboxylic acids is 2. The third-order valence-electron chi connectivity index (χ3n) is 6.12. The number of rotatable bonds is 4. The van der Waals surface area contributed by atoms with Crippen LogP contribution < -0.4 is 15.2 Å². The van der Waals surface area contributed by atoms with Gasteiger partial charge in [0.25, 0.3) is 17.4 Å². The second-order valence-corrected chi connectivity index (χ2v) is 8.35. The van der Waals surface area contributed by atoms with Crippen molar-refractivity contribution in [1.82, 2.24) is 14.7 Å². The Balaban J connectivity index is 1.56. The standard InChI is InChI=1S/C25H26N4O5/c1-2-11-29-23(30)18-8-4-3-7-17(18)22(26-29)25(32)28-16-21(24(31)27-12-14-33-15-13-27)34-20-10-6-5-9-19(20)28/h3-10,21H,2,11-16H2,1H3/t21-/m1/s1. The molecule has 0 spiro atoms. The van der Waals surface area contributed by atoms with Crippen LogP contribution in [0.2, 0.25) is 0 Å². The molecule has 176 valence electrons. The maximum Gasteiger partial charge on any atom is 0.279 e. The first-order chi connectivity index (χ1) is 16.6. The van der Waals surface area contributed by atoms with E-state index >= 15 is 0 Å². The molecule has 0 aliphatic carbocycles. The fourth-order valence-corrected chi connectivity index (χ4v) is 4.43.